The number of benzene rings is 2. The number of amides is 1. The SMILES string of the molecule is CN(CCCCN1CCC(C(=O)N(C)C)(c2ccccc2)CC1)Sc1ccccc1. The molecule has 0 N–H and O–H groups in total. The molecule has 1 amide bonds. The third kappa shape index (κ3) is 5.87. The minimum absolute atomic E-state index is 0.243. The number of piperidine rings is 1. The van der Waals surface area contributed by atoms with Gasteiger partial charge >= 0.3 is 0 Å². The molecule has 1 aliphatic rings. The molecule has 0 saturated carbocycles. The molecule has 0 atom stereocenters. The van der Waals surface area contributed by atoms with Crippen LogP contribution in [0, 0.1) is 0 Å². The highest BCUT2D eigenvalue weighted by molar-refractivity contribution is 7.97. The maximum Gasteiger partial charge on any atom is 0.232 e. The van der Waals surface area contributed by atoms with Crippen molar-refractivity contribution < 1.29 is 4.79 Å². The maximum absolute atomic E-state index is 13.1. The number of carbonyl (C=O) groups is 1. The van der Waals surface area contributed by atoms with Gasteiger partial charge in [0.15, 0.2) is 0 Å². The van der Waals surface area contributed by atoms with Gasteiger partial charge in [0.1, 0.15) is 0 Å². The summed E-state index contributed by atoms with van der Waals surface area (Å²) in [5, 5.41) is 0. The molecule has 3 rings (SSSR count). The zero-order chi connectivity index (χ0) is 21.4. The van der Waals surface area contributed by atoms with Gasteiger partial charge in [0.25, 0.3) is 0 Å². The lowest BCUT2D eigenvalue weighted by Gasteiger charge is -2.42. The molecule has 162 valence electrons. The Kier molecular flexibility index (Phi) is 8.37. The van der Waals surface area contributed by atoms with E-state index in [1.807, 2.05) is 32.1 Å². The van der Waals surface area contributed by atoms with E-state index in [0.717, 1.165) is 39.0 Å². The number of carbonyl (C=O) groups excluding carboxylic acids is 1. The van der Waals surface area contributed by atoms with Gasteiger partial charge in [0.2, 0.25) is 5.91 Å². The standard InChI is InChI=1S/C25H35N3OS/c1-26(2)24(29)25(22-12-6-4-7-13-22)16-20-28(21-17-25)19-11-10-18-27(3)30-23-14-8-5-9-15-23/h4-9,12-15H,10-11,16-21H2,1-3H3. The number of nitrogens with zero attached hydrogens (tertiary/aromatic N) is 3. The summed E-state index contributed by atoms with van der Waals surface area (Å²) in [6.45, 7) is 4.18. The number of unbranched alkanes of at least 4 members (excludes halogenated alkanes) is 1. The van der Waals surface area contributed by atoms with Gasteiger partial charge in [-0.2, -0.15) is 0 Å². The maximum atomic E-state index is 13.1. The second kappa shape index (κ2) is 11.0. The van der Waals surface area contributed by atoms with Crippen LogP contribution in [0.1, 0.15) is 31.2 Å². The van der Waals surface area contributed by atoms with Crippen LogP contribution in [0.2, 0.25) is 0 Å². The van der Waals surface area contributed by atoms with Crippen LogP contribution in [0.4, 0.5) is 0 Å². The van der Waals surface area contributed by atoms with Crippen LogP contribution < -0.4 is 0 Å². The molecule has 0 radical (unpaired) electrons. The number of likely N-dealkylation sites (N-methyl/N-ethyl adjacent to an activating group) is 1. The van der Waals surface area contributed by atoms with Gasteiger partial charge in [-0.1, -0.05) is 48.5 Å². The molecule has 1 aliphatic heterocycles. The van der Waals surface area contributed by atoms with E-state index in [-0.39, 0.29) is 11.3 Å². The van der Waals surface area contributed by atoms with Crippen LogP contribution in [0.5, 0.6) is 0 Å². The molecule has 1 fully saturated rings. The molecular formula is C25H35N3OS. The van der Waals surface area contributed by atoms with Gasteiger partial charge in [0, 0.05) is 25.5 Å². The van der Waals surface area contributed by atoms with Gasteiger partial charge in [-0.25, -0.2) is 4.31 Å². The number of hydrogen-bond acceptors (Lipinski definition) is 4. The van der Waals surface area contributed by atoms with Gasteiger partial charge in [-0.15, -0.1) is 0 Å². The molecule has 2 aromatic carbocycles. The molecule has 2 aromatic rings. The normalized spacial score (nSPS) is 16.5. The number of rotatable bonds is 9. The smallest absolute Gasteiger partial charge is 0.232 e. The molecule has 4 nitrogen and oxygen atoms in total. The van der Waals surface area contributed by atoms with Crippen molar-refractivity contribution in [1.82, 2.24) is 14.1 Å². The summed E-state index contributed by atoms with van der Waals surface area (Å²) in [7, 11) is 5.92. The van der Waals surface area contributed by atoms with E-state index in [1.165, 1.54) is 23.3 Å². The Morgan fingerprint density at radius 3 is 2.13 bits per heavy atom. The molecule has 0 spiro atoms. The van der Waals surface area contributed by atoms with Crippen molar-refractivity contribution >= 4 is 17.9 Å². The fourth-order valence-electron chi connectivity index (χ4n) is 4.35. The molecule has 0 aliphatic carbocycles. The predicted octanol–water partition coefficient (Wildman–Crippen LogP) is 4.53. The fraction of sp³-hybridized carbons (Fsp3) is 0.480. The molecule has 0 aromatic heterocycles. The largest absolute Gasteiger partial charge is 0.348 e. The Bertz CT molecular complexity index is 773. The quantitative estimate of drug-likeness (QED) is 0.436. The Labute approximate surface area is 186 Å². The van der Waals surface area contributed by atoms with E-state index in [1.54, 1.807) is 4.90 Å². The first-order chi connectivity index (χ1) is 14.5. The highest BCUT2D eigenvalue weighted by atomic mass is 32.2. The van der Waals surface area contributed by atoms with Crippen LogP contribution in [-0.4, -0.2) is 67.3 Å². The molecular weight excluding hydrogens is 390 g/mol. The van der Waals surface area contributed by atoms with Gasteiger partial charge < -0.3 is 9.80 Å². The van der Waals surface area contributed by atoms with Gasteiger partial charge in [0.05, 0.1) is 5.41 Å². The fourth-order valence-corrected chi connectivity index (χ4v) is 5.21. The van der Waals surface area contributed by atoms with E-state index >= 15 is 0 Å². The van der Waals surface area contributed by atoms with E-state index in [2.05, 4.69) is 70.9 Å². The second-order valence-corrected chi connectivity index (χ2v) is 9.73. The van der Waals surface area contributed by atoms with Crippen molar-refractivity contribution in [2.45, 2.75) is 36.0 Å². The van der Waals surface area contributed by atoms with Crippen LogP contribution in [-0.2, 0) is 10.2 Å². The van der Waals surface area contributed by atoms with E-state index < -0.39 is 0 Å². The zero-order valence-electron chi connectivity index (χ0n) is 18.6. The highest BCUT2D eigenvalue weighted by Gasteiger charge is 2.43. The third-order valence-corrected chi connectivity index (χ3v) is 7.03. The molecule has 1 saturated heterocycles. The van der Waals surface area contributed by atoms with Crippen LogP contribution in [0.15, 0.2) is 65.6 Å². The minimum atomic E-state index is -0.367. The number of likely N-dealkylation sites (tertiary alicyclic amines) is 1. The Hall–Kier alpha value is -1.82. The summed E-state index contributed by atoms with van der Waals surface area (Å²) in [5.74, 6) is 0.243. The van der Waals surface area contributed by atoms with Crippen molar-refractivity contribution in [3.8, 4) is 0 Å². The first kappa shape index (κ1) is 22.9. The summed E-state index contributed by atoms with van der Waals surface area (Å²) < 4.78 is 2.32. The predicted molar refractivity (Wildman–Crippen MR) is 127 cm³/mol. The Morgan fingerprint density at radius 2 is 1.53 bits per heavy atom. The molecule has 1 heterocycles. The van der Waals surface area contributed by atoms with Gasteiger partial charge in [-0.3, -0.25) is 4.79 Å². The van der Waals surface area contributed by atoms with Crippen molar-refractivity contribution in [3.05, 3.63) is 66.2 Å². The van der Waals surface area contributed by atoms with Crippen molar-refractivity contribution in [2.24, 2.45) is 0 Å². The second-order valence-electron chi connectivity index (χ2n) is 8.45. The first-order valence-electron chi connectivity index (χ1n) is 10.9. The summed E-state index contributed by atoms with van der Waals surface area (Å²) >= 11 is 1.81. The topological polar surface area (TPSA) is 26.8 Å². The number of hydrogen-bond donors (Lipinski definition) is 0. The molecule has 0 bridgehead atoms. The lowest BCUT2D eigenvalue weighted by atomic mass is 9.71. The summed E-state index contributed by atoms with van der Waals surface area (Å²) in [4.78, 5) is 18.7. The van der Waals surface area contributed by atoms with Crippen molar-refractivity contribution in [3.63, 3.8) is 0 Å². The first-order valence-corrected chi connectivity index (χ1v) is 11.7. The lowest BCUT2D eigenvalue weighted by Crippen LogP contribution is -2.51. The molecule has 5 heteroatoms. The van der Waals surface area contributed by atoms with Crippen molar-refractivity contribution in [1.29, 1.82) is 0 Å². The third-order valence-electron chi connectivity index (χ3n) is 6.05. The lowest BCUT2D eigenvalue weighted by molar-refractivity contribution is -0.136. The highest BCUT2D eigenvalue weighted by Crippen LogP contribution is 2.37. The van der Waals surface area contributed by atoms with E-state index in [0.29, 0.717) is 0 Å². The van der Waals surface area contributed by atoms with Crippen molar-refractivity contribution in [2.75, 3.05) is 47.3 Å². The summed E-state index contributed by atoms with van der Waals surface area (Å²) in [5.41, 5.74) is 0.802. The van der Waals surface area contributed by atoms with Crippen LogP contribution in [0.25, 0.3) is 0 Å². The van der Waals surface area contributed by atoms with Crippen LogP contribution >= 0.6 is 11.9 Å². The zero-order valence-corrected chi connectivity index (χ0v) is 19.4. The molecule has 30 heavy (non-hydrogen) atoms. The average molecular weight is 426 g/mol. The Balaban J connectivity index is 1.45. The van der Waals surface area contributed by atoms with Gasteiger partial charge in [-0.05, 0) is 82.0 Å². The summed E-state index contributed by atoms with van der Waals surface area (Å²) in [6, 6.07) is 20.9. The summed E-state index contributed by atoms with van der Waals surface area (Å²) in [6.07, 6.45) is 4.18. The average Bonchev–Trinajstić information content (AvgIpc) is 2.78. The minimum Gasteiger partial charge on any atom is -0.348 e. The van der Waals surface area contributed by atoms with E-state index in [4.69, 9.17) is 0 Å². The molecule has 0 unspecified atom stereocenters. The van der Waals surface area contributed by atoms with E-state index in [9.17, 15) is 4.79 Å². The Morgan fingerprint density at radius 1 is 0.933 bits per heavy atom. The monoisotopic (exact) mass is 425 g/mol. The van der Waals surface area contributed by atoms with Crippen LogP contribution in [0.3, 0.4) is 0 Å².